The SMILES string of the molecule is N#C/C(=C\c1cccc(NC(=O)C(F)(F)F)c1)c1nc2ccccc2[nH]1. The van der Waals surface area contributed by atoms with Gasteiger partial charge in [0.15, 0.2) is 0 Å². The zero-order valence-electron chi connectivity index (χ0n) is 13.1. The largest absolute Gasteiger partial charge is 0.471 e. The van der Waals surface area contributed by atoms with Gasteiger partial charge in [0.05, 0.1) is 16.6 Å². The molecule has 0 bridgehead atoms. The lowest BCUT2D eigenvalue weighted by Crippen LogP contribution is -2.29. The summed E-state index contributed by atoms with van der Waals surface area (Å²) in [6, 6.07) is 15.0. The lowest BCUT2D eigenvalue weighted by molar-refractivity contribution is -0.167. The van der Waals surface area contributed by atoms with Crippen molar-refractivity contribution in [3.05, 3.63) is 59.9 Å². The number of nitrogens with zero attached hydrogens (tertiary/aromatic N) is 2. The summed E-state index contributed by atoms with van der Waals surface area (Å²) in [5.41, 5.74) is 2.08. The molecular weight excluding hydrogens is 345 g/mol. The van der Waals surface area contributed by atoms with E-state index in [9.17, 15) is 23.2 Å². The first-order valence-electron chi connectivity index (χ1n) is 7.42. The van der Waals surface area contributed by atoms with Crippen LogP contribution in [0.3, 0.4) is 0 Å². The number of para-hydroxylation sites is 2. The Labute approximate surface area is 145 Å². The molecule has 130 valence electrons. The number of carbonyl (C=O) groups excluding carboxylic acids is 1. The fraction of sp³-hybridized carbons (Fsp3) is 0.0556. The van der Waals surface area contributed by atoms with Gasteiger partial charge < -0.3 is 10.3 Å². The van der Waals surface area contributed by atoms with E-state index in [0.29, 0.717) is 16.9 Å². The number of nitrogens with one attached hydrogen (secondary N) is 2. The zero-order chi connectivity index (χ0) is 18.7. The predicted molar refractivity (Wildman–Crippen MR) is 90.7 cm³/mol. The van der Waals surface area contributed by atoms with E-state index < -0.39 is 12.1 Å². The van der Waals surface area contributed by atoms with Crippen LogP contribution >= 0.6 is 0 Å². The number of imidazole rings is 1. The number of carbonyl (C=O) groups is 1. The van der Waals surface area contributed by atoms with Gasteiger partial charge in [-0.25, -0.2) is 4.98 Å². The molecule has 3 aromatic rings. The number of anilines is 1. The van der Waals surface area contributed by atoms with Crippen molar-refractivity contribution in [1.29, 1.82) is 5.26 Å². The number of fused-ring (bicyclic) bond motifs is 1. The quantitative estimate of drug-likeness (QED) is 0.693. The van der Waals surface area contributed by atoms with E-state index in [1.54, 1.807) is 17.4 Å². The van der Waals surface area contributed by atoms with Crippen LogP contribution < -0.4 is 5.32 Å². The van der Waals surface area contributed by atoms with Gasteiger partial charge in [-0.1, -0.05) is 24.3 Å². The van der Waals surface area contributed by atoms with Gasteiger partial charge >= 0.3 is 12.1 Å². The van der Waals surface area contributed by atoms with Crippen LogP contribution in [0.5, 0.6) is 0 Å². The summed E-state index contributed by atoms with van der Waals surface area (Å²) in [4.78, 5) is 18.4. The summed E-state index contributed by atoms with van der Waals surface area (Å²) in [5, 5.41) is 11.2. The minimum atomic E-state index is -4.97. The summed E-state index contributed by atoms with van der Waals surface area (Å²) >= 11 is 0. The lowest BCUT2D eigenvalue weighted by Gasteiger charge is -2.08. The van der Waals surface area contributed by atoms with Gasteiger partial charge in [0, 0.05) is 5.69 Å². The summed E-state index contributed by atoms with van der Waals surface area (Å²) in [6.07, 6.45) is -3.50. The highest BCUT2D eigenvalue weighted by Crippen LogP contribution is 2.22. The average Bonchev–Trinajstić information content (AvgIpc) is 3.03. The first-order chi connectivity index (χ1) is 12.4. The highest BCUT2D eigenvalue weighted by molar-refractivity contribution is 5.96. The number of aromatic nitrogens is 2. The van der Waals surface area contributed by atoms with Crippen molar-refractivity contribution in [2.45, 2.75) is 6.18 Å². The zero-order valence-corrected chi connectivity index (χ0v) is 13.1. The van der Waals surface area contributed by atoms with Crippen molar-refractivity contribution in [2.24, 2.45) is 0 Å². The number of aromatic amines is 1. The van der Waals surface area contributed by atoms with Crippen LogP contribution in [0.15, 0.2) is 48.5 Å². The minimum absolute atomic E-state index is 0.0250. The standard InChI is InChI=1S/C18H11F3N4O/c19-18(20,21)17(26)23-13-5-3-4-11(9-13)8-12(10-22)16-24-14-6-1-2-7-15(14)25-16/h1-9H,(H,23,26)(H,24,25)/b12-8+. The molecule has 0 saturated carbocycles. The van der Waals surface area contributed by atoms with Crippen molar-refractivity contribution >= 4 is 34.3 Å². The number of hydrogen-bond donors (Lipinski definition) is 2. The maximum Gasteiger partial charge on any atom is 0.471 e. The molecule has 0 aliphatic carbocycles. The van der Waals surface area contributed by atoms with Gasteiger partial charge in [0.2, 0.25) is 0 Å². The van der Waals surface area contributed by atoms with Crippen molar-refractivity contribution in [3.63, 3.8) is 0 Å². The summed E-state index contributed by atoms with van der Waals surface area (Å²) < 4.78 is 37.0. The molecule has 26 heavy (non-hydrogen) atoms. The fourth-order valence-corrected chi connectivity index (χ4v) is 2.31. The first-order valence-corrected chi connectivity index (χ1v) is 7.42. The van der Waals surface area contributed by atoms with Gasteiger partial charge in [0.25, 0.3) is 0 Å². The second-order valence-electron chi connectivity index (χ2n) is 5.35. The van der Waals surface area contributed by atoms with E-state index >= 15 is 0 Å². The molecule has 8 heteroatoms. The van der Waals surface area contributed by atoms with Gasteiger partial charge in [0.1, 0.15) is 11.9 Å². The van der Waals surface area contributed by atoms with Crippen molar-refractivity contribution in [3.8, 4) is 6.07 Å². The van der Waals surface area contributed by atoms with Crippen LogP contribution in [-0.2, 0) is 4.79 Å². The molecule has 5 nitrogen and oxygen atoms in total. The van der Waals surface area contributed by atoms with E-state index in [2.05, 4.69) is 9.97 Å². The van der Waals surface area contributed by atoms with E-state index in [1.807, 2.05) is 24.3 Å². The molecule has 2 aromatic carbocycles. The molecule has 0 atom stereocenters. The topological polar surface area (TPSA) is 81.6 Å². The molecule has 2 N–H and O–H groups in total. The van der Waals surface area contributed by atoms with Gasteiger partial charge in [-0.05, 0) is 35.9 Å². The number of benzene rings is 2. The molecule has 1 heterocycles. The van der Waals surface area contributed by atoms with Crippen molar-refractivity contribution in [2.75, 3.05) is 5.32 Å². The van der Waals surface area contributed by atoms with E-state index in [0.717, 1.165) is 5.52 Å². The van der Waals surface area contributed by atoms with E-state index in [4.69, 9.17) is 0 Å². The van der Waals surface area contributed by atoms with E-state index in [1.165, 1.54) is 24.3 Å². The second-order valence-corrected chi connectivity index (χ2v) is 5.35. The number of hydrogen-bond acceptors (Lipinski definition) is 3. The van der Waals surface area contributed by atoms with Crippen LogP contribution in [0.2, 0.25) is 0 Å². The highest BCUT2D eigenvalue weighted by Gasteiger charge is 2.38. The molecule has 1 amide bonds. The Balaban J connectivity index is 1.91. The fourth-order valence-electron chi connectivity index (χ4n) is 2.31. The lowest BCUT2D eigenvalue weighted by atomic mass is 10.1. The highest BCUT2D eigenvalue weighted by atomic mass is 19.4. The maximum absolute atomic E-state index is 12.3. The molecule has 0 fully saturated rings. The summed E-state index contributed by atoms with van der Waals surface area (Å²) in [6.45, 7) is 0. The maximum atomic E-state index is 12.3. The molecule has 0 aliphatic heterocycles. The third-order valence-electron chi connectivity index (χ3n) is 3.48. The first kappa shape index (κ1) is 17.2. The number of nitriles is 1. The number of allylic oxidation sites excluding steroid dienone is 1. The Morgan fingerprint density at radius 1 is 1.19 bits per heavy atom. The van der Waals surface area contributed by atoms with Gasteiger partial charge in [-0.15, -0.1) is 0 Å². The Morgan fingerprint density at radius 3 is 2.65 bits per heavy atom. The molecule has 0 aliphatic rings. The number of halogens is 3. The molecular formula is C18H11F3N4O. The summed E-state index contributed by atoms with van der Waals surface area (Å²) in [5.74, 6) is -1.71. The smallest absolute Gasteiger partial charge is 0.337 e. The number of H-pyrrole nitrogens is 1. The average molecular weight is 356 g/mol. The van der Waals surface area contributed by atoms with Gasteiger partial charge in [-0.2, -0.15) is 18.4 Å². The normalized spacial score (nSPS) is 12.0. The van der Waals surface area contributed by atoms with Crippen LogP contribution in [0.4, 0.5) is 18.9 Å². The monoisotopic (exact) mass is 356 g/mol. The third-order valence-corrected chi connectivity index (χ3v) is 3.48. The van der Waals surface area contributed by atoms with Crippen molar-refractivity contribution < 1.29 is 18.0 Å². The molecule has 3 rings (SSSR count). The Hall–Kier alpha value is -3.60. The number of amides is 1. The van der Waals surface area contributed by atoms with Crippen LogP contribution in [-0.4, -0.2) is 22.1 Å². The second kappa shape index (κ2) is 6.72. The van der Waals surface area contributed by atoms with Gasteiger partial charge in [-0.3, -0.25) is 4.79 Å². The van der Waals surface area contributed by atoms with Crippen molar-refractivity contribution in [1.82, 2.24) is 9.97 Å². The molecule has 1 aromatic heterocycles. The van der Waals surface area contributed by atoms with Crippen LogP contribution in [0, 0.1) is 11.3 Å². The number of alkyl halides is 3. The minimum Gasteiger partial charge on any atom is -0.337 e. The predicted octanol–water partition coefficient (Wildman–Crippen LogP) is 4.13. The molecule has 0 radical (unpaired) electrons. The molecule has 0 saturated heterocycles. The molecule has 0 spiro atoms. The Morgan fingerprint density at radius 2 is 1.96 bits per heavy atom. The van der Waals surface area contributed by atoms with Crippen LogP contribution in [0.1, 0.15) is 11.4 Å². The third kappa shape index (κ3) is 3.72. The Kier molecular flexibility index (Phi) is 4.45. The van der Waals surface area contributed by atoms with E-state index in [-0.39, 0.29) is 11.3 Å². The summed E-state index contributed by atoms with van der Waals surface area (Å²) in [7, 11) is 0. The number of rotatable bonds is 3. The Bertz CT molecular complexity index is 1010. The molecule has 0 unspecified atom stereocenters. The van der Waals surface area contributed by atoms with Crippen LogP contribution in [0.25, 0.3) is 22.7 Å².